The molecule has 2 rings (SSSR count). The number of rotatable bonds is 6. The van der Waals surface area contributed by atoms with E-state index in [0.717, 1.165) is 18.3 Å². The molecule has 1 aliphatic rings. The predicted molar refractivity (Wildman–Crippen MR) is 76.2 cm³/mol. The van der Waals surface area contributed by atoms with Crippen LogP contribution in [0.2, 0.25) is 0 Å². The number of likely N-dealkylation sites (N-methyl/N-ethyl adjacent to an activating group) is 1. The van der Waals surface area contributed by atoms with Crippen molar-refractivity contribution in [1.29, 1.82) is 0 Å². The molecule has 0 saturated heterocycles. The first-order chi connectivity index (χ1) is 8.80. The summed E-state index contributed by atoms with van der Waals surface area (Å²) in [6.07, 6.45) is 3.78. The first-order valence-electron chi connectivity index (χ1n) is 7.19. The molecule has 100 valence electrons. The van der Waals surface area contributed by atoms with Crippen LogP contribution in [-0.2, 0) is 0 Å². The maximum atomic E-state index is 5.80. The Balaban J connectivity index is 2.10. The van der Waals surface area contributed by atoms with E-state index in [1.165, 1.54) is 24.8 Å². The van der Waals surface area contributed by atoms with Gasteiger partial charge in [-0.05, 0) is 25.5 Å². The minimum Gasteiger partial charge on any atom is -0.493 e. The topological polar surface area (TPSA) is 21.3 Å². The molecule has 0 bridgehead atoms. The van der Waals surface area contributed by atoms with Crippen LogP contribution in [0.4, 0.5) is 0 Å². The quantitative estimate of drug-likeness (QED) is 0.829. The van der Waals surface area contributed by atoms with E-state index in [-0.39, 0.29) is 0 Å². The summed E-state index contributed by atoms with van der Waals surface area (Å²) >= 11 is 0. The first-order valence-corrected chi connectivity index (χ1v) is 7.19. The number of fused-ring (bicyclic) bond motifs is 1. The Hall–Kier alpha value is -1.02. The minimum absolute atomic E-state index is 0.506. The first kappa shape index (κ1) is 13.4. The molecule has 1 aliphatic heterocycles. The lowest BCUT2D eigenvalue weighted by Gasteiger charge is -2.26. The number of para-hydroxylation sites is 1. The van der Waals surface area contributed by atoms with E-state index in [9.17, 15) is 0 Å². The van der Waals surface area contributed by atoms with Gasteiger partial charge in [0.2, 0.25) is 0 Å². The lowest BCUT2D eigenvalue weighted by Crippen LogP contribution is -2.34. The molecule has 1 aromatic rings. The van der Waals surface area contributed by atoms with E-state index in [4.69, 9.17) is 4.74 Å². The Morgan fingerprint density at radius 1 is 1.28 bits per heavy atom. The third-order valence-corrected chi connectivity index (χ3v) is 4.34. The van der Waals surface area contributed by atoms with Gasteiger partial charge in [-0.2, -0.15) is 0 Å². The van der Waals surface area contributed by atoms with Crippen molar-refractivity contribution in [1.82, 2.24) is 5.32 Å². The standard InChI is InChI=1S/C16H25NO/c1-4-12(5-2)10-15(17-3)14-11-18-16-9-7-6-8-13(14)16/h6-9,12,14-15,17H,4-5,10-11H2,1-3H3. The molecule has 2 unspecified atom stereocenters. The summed E-state index contributed by atoms with van der Waals surface area (Å²) in [7, 11) is 2.08. The number of hydrogen-bond donors (Lipinski definition) is 1. The molecule has 1 aromatic carbocycles. The fraction of sp³-hybridized carbons (Fsp3) is 0.625. The smallest absolute Gasteiger partial charge is 0.122 e. The van der Waals surface area contributed by atoms with Gasteiger partial charge in [-0.25, -0.2) is 0 Å². The highest BCUT2D eigenvalue weighted by atomic mass is 16.5. The van der Waals surface area contributed by atoms with Gasteiger partial charge >= 0.3 is 0 Å². The summed E-state index contributed by atoms with van der Waals surface area (Å²) in [5, 5.41) is 3.50. The Morgan fingerprint density at radius 3 is 2.67 bits per heavy atom. The molecule has 1 heterocycles. The van der Waals surface area contributed by atoms with Crippen LogP contribution in [0.5, 0.6) is 5.75 Å². The Labute approximate surface area is 111 Å². The fourth-order valence-corrected chi connectivity index (χ4v) is 2.98. The van der Waals surface area contributed by atoms with Gasteiger partial charge in [-0.3, -0.25) is 0 Å². The maximum Gasteiger partial charge on any atom is 0.122 e. The number of hydrogen-bond acceptors (Lipinski definition) is 2. The molecule has 2 nitrogen and oxygen atoms in total. The molecule has 2 heteroatoms. The lowest BCUT2D eigenvalue weighted by atomic mass is 9.85. The van der Waals surface area contributed by atoms with Crippen molar-refractivity contribution >= 4 is 0 Å². The van der Waals surface area contributed by atoms with Gasteiger partial charge in [0, 0.05) is 17.5 Å². The van der Waals surface area contributed by atoms with Crippen LogP contribution in [0.3, 0.4) is 0 Å². The molecular formula is C16H25NO. The van der Waals surface area contributed by atoms with Crippen LogP contribution in [-0.4, -0.2) is 19.7 Å². The van der Waals surface area contributed by atoms with Crippen molar-refractivity contribution in [2.75, 3.05) is 13.7 Å². The van der Waals surface area contributed by atoms with Crippen molar-refractivity contribution in [3.05, 3.63) is 29.8 Å². The Morgan fingerprint density at radius 2 is 2.00 bits per heavy atom. The Kier molecular flexibility index (Phi) is 4.65. The van der Waals surface area contributed by atoms with Crippen LogP contribution in [0.15, 0.2) is 24.3 Å². The second-order valence-electron chi connectivity index (χ2n) is 5.27. The zero-order valence-corrected chi connectivity index (χ0v) is 11.8. The summed E-state index contributed by atoms with van der Waals surface area (Å²) in [5.41, 5.74) is 1.38. The van der Waals surface area contributed by atoms with E-state index < -0.39 is 0 Å². The zero-order chi connectivity index (χ0) is 13.0. The third kappa shape index (κ3) is 2.69. The van der Waals surface area contributed by atoms with E-state index in [1.807, 2.05) is 0 Å². The maximum absolute atomic E-state index is 5.80. The van der Waals surface area contributed by atoms with Gasteiger partial charge in [0.1, 0.15) is 5.75 Å². The summed E-state index contributed by atoms with van der Waals surface area (Å²) in [4.78, 5) is 0. The lowest BCUT2D eigenvalue weighted by molar-refractivity contribution is 0.275. The highest BCUT2D eigenvalue weighted by Crippen LogP contribution is 2.37. The molecule has 0 aliphatic carbocycles. The van der Waals surface area contributed by atoms with Crippen molar-refractivity contribution in [2.24, 2.45) is 5.92 Å². The second-order valence-corrected chi connectivity index (χ2v) is 5.27. The van der Waals surface area contributed by atoms with Crippen LogP contribution in [0.25, 0.3) is 0 Å². The Bertz CT molecular complexity index is 373. The number of ether oxygens (including phenoxy) is 1. The van der Waals surface area contributed by atoms with Crippen LogP contribution >= 0.6 is 0 Å². The fourth-order valence-electron chi connectivity index (χ4n) is 2.98. The van der Waals surface area contributed by atoms with Gasteiger partial charge in [0.25, 0.3) is 0 Å². The van der Waals surface area contributed by atoms with Gasteiger partial charge < -0.3 is 10.1 Å². The van der Waals surface area contributed by atoms with E-state index in [2.05, 4.69) is 50.5 Å². The highest BCUT2D eigenvalue weighted by Gasteiger charge is 2.31. The molecule has 0 amide bonds. The molecule has 0 spiro atoms. The minimum atomic E-state index is 0.506. The zero-order valence-electron chi connectivity index (χ0n) is 11.8. The number of benzene rings is 1. The van der Waals surface area contributed by atoms with Crippen LogP contribution in [0, 0.1) is 5.92 Å². The summed E-state index contributed by atoms with van der Waals surface area (Å²) in [5.74, 6) is 2.40. The van der Waals surface area contributed by atoms with Gasteiger partial charge in [-0.1, -0.05) is 44.9 Å². The van der Waals surface area contributed by atoms with Crippen LogP contribution < -0.4 is 10.1 Å². The van der Waals surface area contributed by atoms with E-state index >= 15 is 0 Å². The van der Waals surface area contributed by atoms with Crippen molar-refractivity contribution in [3.63, 3.8) is 0 Å². The molecule has 1 N–H and O–H groups in total. The molecular weight excluding hydrogens is 222 g/mol. The molecule has 18 heavy (non-hydrogen) atoms. The van der Waals surface area contributed by atoms with Crippen molar-refractivity contribution in [2.45, 2.75) is 45.1 Å². The van der Waals surface area contributed by atoms with Gasteiger partial charge in [0.15, 0.2) is 0 Å². The summed E-state index contributed by atoms with van der Waals surface area (Å²) in [6.45, 7) is 5.41. The molecule has 0 fully saturated rings. The second kappa shape index (κ2) is 6.24. The summed E-state index contributed by atoms with van der Waals surface area (Å²) in [6, 6.07) is 8.99. The monoisotopic (exact) mass is 247 g/mol. The van der Waals surface area contributed by atoms with Gasteiger partial charge in [0.05, 0.1) is 6.61 Å². The van der Waals surface area contributed by atoms with Crippen molar-refractivity contribution in [3.8, 4) is 5.75 Å². The molecule has 0 radical (unpaired) electrons. The molecule has 2 atom stereocenters. The van der Waals surface area contributed by atoms with Gasteiger partial charge in [-0.15, -0.1) is 0 Å². The third-order valence-electron chi connectivity index (χ3n) is 4.34. The molecule has 0 saturated carbocycles. The van der Waals surface area contributed by atoms with E-state index in [0.29, 0.717) is 12.0 Å². The SMILES string of the molecule is CCC(CC)CC(NC)C1COc2ccccc21. The highest BCUT2D eigenvalue weighted by molar-refractivity contribution is 5.40. The predicted octanol–water partition coefficient (Wildman–Crippen LogP) is 3.58. The number of nitrogens with one attached hydrogen (secondary N) is 1. The normalized spacial score (nSPS) is 19.7. The average molecular weight is 247 g/mol. The van der Waals surface area contributed by atoms with Crippen LogP contribution in [0.1, 0.15) is 44.6 Å². The molecule has 0 aromatic heterocycles. The van der Waals surface area contributed by atoms with Crippen molar-refractivity contribution < 1.29 is 4.74 Å². The van der Waals surface area contributed by atoms with E-state index in [1.54, 1.807) is 0 Å². The largest absolute Gasteiger partial charge is 0.493 e. The summed E-state index contributed by atoms with van der Waals surface area (Å²) < 4.78 is 5.80. The average Bonchev–Trinajstić information content (AvgIpc) is 2.84.